The molecule has 79 heavy (non-hydrogen) atoms. The van der Waals surface area contributed by atoms with Crippen molar-refractivity contribution in [2.24, 2.45) is 37.9 Å². The van der Waals surface area contributed by atoms with E-state index >= 15 is 0 Å². The van der Waals surface area contributed by atoms with Crippen molar-refractivity contribution in [2.75, 3.05) is 51.8 Å². The molecule has 1 aromatic heterocycles. The first-order valence-electron chi connectivity index (χ1n) is 28.4. The SMILES string of the molecule is CC(C)(C)C#CC(C)(C)C.CC(C)(C)CS(C)(=O)=O.CC(C)(C)c1cccs1.CCCC#CC(C)(C)C.CN(C)CC#CC(C)(C)C.COC(C)(C)C#CC(C)(C)C.CS(=O)CC(C)(C)C.Cc1cc(C)c(C(C)(C)C)c(C)c1. The molecule has 0 fully saturated rings. The molecule has 1 heterocycles. The van der Waals surface area contributed by atoms with Gasteiger partial charge in [0.15, 0.2) is 0 Å². The zero-order chi connectivity index (χ0) is 64.7. The molecule has 0 N–H and O–H groups in total. The molecule has 2 aromatic rings. The smallest absolute Gasteiger partial charge is 0.147 e. The summed E-state index contributed by atoms with van der Waals surface area (Å²) in [5.74, 6) is 26.3. The first-order chi connectivity index (χ1) is 34.5. The first-order valence-corrected chi connectivity index (χ1v) is 33.1. The molecule has 1 unspecified atom stereocenters. The van der Waals surface area contributed by atoms with Gasteiger partial charge in [0, 0.05) is 74.5 Å². The van der Waals surface area contributed by atoms with Crippen LogP contribution in [0.25, 0.3) is 0 Å². The highest BCUT2D eigenvalue weighted by Crippen LogP contribution is 2.30. The van der Waals surface area contributed by atoms with Crippen molar-refractivity contribution in [2.45, 2.75) is 258 Å². The molecular weight excluding hydrogens is 1030 g/mol. The summed E-state index contributed by atoms with van der Waals surface area (Å²) >= 11 is 1.83. The van der Waals surface area contributed by atoms with Crippen molar-refractivity contribution in [3.05, 3.63) is 56.8 Å². The molecule has 0 aliphatic rings. The third-order valence-corrected chi connectivity index (χ3v) is 12.7. The van der Waals surface area contributed by atoms with E-state index in [2.05, 4.69) is 276 Å². The molecule has 0 amide bonds. The van der Waals surface area contributed by atoms with E-state index in [9.17, 15) is 12.6 Å². The highest BCUT2D eigenvalue weighted by molar-refractivity contribution is 7.90. The number of ether oxygens (including phenoxy) is 1. The average Bonchev–Trinajstić information content (AvgIpc) is 3.70. The Labute approximate surface area is 502 Å². The lowest BCUT2D eigenvalue weighted by Crippen LogP contribution is -2.20. The predicted molar refractivity (Wildman–Crippen MR) is 363 cm³/mol. The van der Waals surface area contributed by atoms with Crippen LogP contribution < -0.4 is 0 Å². The quantitative estimate of drug-likeness (QED) is 0.279. The van der Waals surface area contributed by atoms with Crippen molar-refractivity contribution in [3.63, 3.8) is 0 Å². The van der Waals surface area contributed by atoms with Crippen LogP contribution in [0.5, 0.6) is 0 Å². The van der Waals surface area contributed by atoms with Gasteiger partial charge in [-0.1, -0.05) is 155 Å². The summed E-state index contributed by atoms with van der Waals surface area (Å²) in [6.45, 7) is 70.9. The van der Waals surface area contributed by atoms with Crippen LogP contribution in [0.4, 0.5) is 0 Å². The average molecular weight is 1160 g/mol. The molecule has 1 atom stereocenters. The molecule has 5 nitrogen and oxygen atoms in total. The molecule has 0 bridgehead atoms. The third kappa shape index (κ3) is 75.2. The first kappa shape index (κ1) is 87.4. The number of unbranched alkanes of at least 4 members (excludes halogenated alkanes) is 1. The Morgan fingerprint density at radius 1 is 0.570 bits per heavy atom. The van der Waals surface area contributed by atoms with Crippen LogP contribution in [-0.4, -0.2) is 74.9 Å². The molecule has 0 radical (unpaired) electrons. The zero-order valence-electron chi connectivity index (χ0n) is 59.2. The molecule has 0 saturated carbocycles. The number of benzene rings is 1. The molecule has 460 valence electrons. The lowest BCUT2D eigenvalue weighted by molar-refractivity contribution is 0.0738. The highest BCUT2D eigenvalue weighted by atomic mass is 32.2. The zero-order valence-corrected chi connectivity index (χ0v) is 61.7. The summed E-state index contributed by atoms with van der Waals surface area (Å²) < 4.78 is 37.0. The van der Waals surface area contributed by atoms with E-state index in [4.69, 9.17) is 4.74 Å². The maximum atomic E-state index is 10.6. The van der Waals surface area contributed by atoms with Crippen LogP contribution >= 0.6 is 11.3 Å². The minimum absolute atomic E-state index is 0.0653. The van der Waals surface area contributed by atoms with Gasteiger partial charge in [0.1, 0.15) is 15.4 Å². The Balaban J connectivity index is -0.000000194. The van der Waals surface area contributed by atoms with Crippen LogP contribution in [0.1, 0.15) is 248 Å². The van der Waals surface area contributed by atoms with Crippen molar-refractivity contribution < 1.29 is 17.4 Å². The number of thiophene rings is 1. The number of rotatable bonds is 5. The van der Waals surface area contributed by atoms with Gasteiger partial charge >= 0.3 is 0 Å². The molecule has 2 rings (SSSR count). The van der Waals surface area contributed by atoms with Gasteiger partial charge in [0.25, 0.3) is 0 Å². The Hall–Kier alpha value is -2.82. The molecule has 0 aliphatic heterocycles. The minimum atomic E-state index is -2.78. The van der Waals surface area contributed by atoms with Gasteiger partial charge in [-0.25, -0.2) is 8.42 Å². The molecule has 0 saturated heterocycles. The van der Waals surface area contributed by atoms with E-state index in [0.717, 1.165) is 18.7 Å². The van der Waals surface area contributed by atoms with Crippen LogP contribution in [0, 0.1) is 106 Å². The standard InChI is InChI=1S/C13H20.C10H18O.C10H18.C9H17N.C9H16.C8H12S.C6H14O2S.C6H14OS/c1-9-7-10(2)12(11(3)8-9)13(4,5)6;1-9(2,3)7-8-10(4,5)11-6;1-9(2,3)7-8-10(4,5)6;1-9(2,3)7-6-8-10(4)5;1-5-6-7-8-9(2,3)4;1-8(2,3)7-5-4-6-9-7;1-6(2,3)5-9(4,7)8;1-6(2,3)5-8(4)7/h7-8H,1-6H3;1-6H3;1-6H3;8H2,1-5H3;5-6H2,1-4H3;4-6H,1-3H3;5H2,1-4H3;5H2,1-4H3. The Bertz CT molecular complexity index is 2300. The number of hydrogen-bond acceptors (Lipinski definition) is 6. The number of sulfone groups is 1. The highest BCUT2D eigenvalue weighted by Gasteiger charge is 2.19. The van der Waals surface area contributed by atoms with Crippen molar-refractivity contribution in [3.8, 4) is 47.4 Å². The van der Waals surface area contributed by atoms with Gasteiger partial charge in [-0.2, -0.15) is 0 Å². The Kier molecular flexibility index (Phi) is 42.2. The van der Waals surface area contributed by atoms with E-state index in [1.54, 1.807) is 13.4 Å². The largest absolute Gasteiger partial charge is 0.366 e. The topological polar surface area (TPSA) is 63.7 Å². The maximum absolute atomic E-state index is 10.6. The minimum Gasteiger partial charge on any atom is -0.366 e. The molecule has 8 heteroatoms. The van der Waals surface area contributed by atoms with Gasteiger partial charge in [-0.05, 0) is 209 Å². The summed E-state index contributed by atoms with van der Waals surface area (Å²) in [4.78, 5) is 3.53. The van der Waals surface area contributed by atoms with Crippen LogP contribution in [0.2, 0.25) is 0 Å². The molecular formula is C71H129NO4S3. The van der Waals surface area contributed by atoms with E-state index < -0.39 is 20.6 Å². The lowest BCUT2D eigenvalue weighted by atomic mass is 9.80. The summed E-state index contributed by atoms with van der Waals surface area (Å²) in [6.07, 6.45) is 5.21. The normalized spacial score (nSPS) is 12.3. The Morgan fingerprint density at radius 3 is 1.14 bits per heavy atom. The van der Waals surface area contributed by atoms with Gasteiger partial charge in [-0.3, -0.25) is 9.11 Å². The summed E-state index contributed by atoms with van der Waals surface area (Å²) in [7, 11) is 2.31. The van der Waals surface area contributed by atoms with Gasteiger partial charge < -0.3 is 4.74 Å². The predicted octanol–water partition coefficient (Wildman–Crippen LogP) is 19.4. The van der Waals surface area contributed by atoms with Crippen molar-refractivity contribution in [1.82, 2.24) is 4.90 Å². The lowest BCUT2D eigenvalue weighted by Gasteiger charge is -2.24. The van der Waals surface area contributed by atoms with Gasteiger partial charge in [0.05, 0.1) is 12.3 Å². The van der Waals surface area contributed by atoms with Crippen molar-refractivity contribution in [1.29, 1.82) is 0 Å². The summed E-state index contributed by atoms with van der Waals surface area (Å²) in [6, 6.07) is 8.83. The molecule has 1 aromatic carbocycles. The van der Waals surface area contributed by atoms with Crippen LogP contribution in [-0.2, 0) is 36.2 Å². The number of methoxy groups -OCH3 is 1. The van der Waals surface area contributed by atoms with Gasteiger partial charge in [0.2, 0.25) is 0 Å². The molecule has 0 spiro atoms. The fourth-order valence-corrected chi connectivity index (χ4v) is 9.75. The number of aryl methyl sites for hydroxylation is 3. The van der Waals surface area contributed by atoms with E-state index in [0.29, 0.717) is 5.41 Å². The van der Waals surface area contributed by atoms with Gasteiger partial charge in [-0.15, -0.1) is 17.3 Å². The fraction of sp³-hybridized carbons (Fsp3) is 0.746. The second-order valence-corrected chi connectivity index (χ2v) is 35.7. The number of hydrogen-bond donors (Lipinski definition) is 0. The number of nitrogens with zero attached hydrogens (tertiary/aromatic N) is 1. The monoisotopic (exact) mass is 1160 g/mol. The summed E-state index contributed by atoms with van der Waals surface area (Å²) in [5, 5.41) is 2.13. The van der Waals surface area contributed by atoms with E-state index in [-0.39, 0.29) is 54.7 Å². The molecule has 0 aliphatic carbocycles. The van der Waals surface area contributed by atoms with Crippen LogP contribution in [0.15, 0.2) is 29.6 Å². The second-order valence-electron chi connectivity index (χ2n) is 31.2. The second kappa shape index (κ2) is 38.1. The third-order valence-electron chi connectivity index (χ3n) is 8.78. The van der Waals surface area contributed by atoms with E-state index in [1.165, 1.54) is 39.8 Å². The maximum Gasteiger partial charge on any atom is 0.147 e. The summed E-state index contributed by atoms with van der Waals surface area (Å²) in [5.41, 5.74) is 6.81. The fourth-order valence-electron chi connectivity index (χ4n) is 6.14. The van der Waals surface area contributed by atoms with Crippen molar-refractivity contribution >= 4 is 32.0 Å². The van der Waals surface area contributed by atoms with E-state index in [1.807, 2.05) is 60.1 Å². The Morgan fingerprint density at radius 2 is 0.937 bits per heavy atom. The van der Waals surface area contributed by atoms with Crippen LogP contribution in [0.3, 0.4) is 0 Å².